The van der Waals surface area contributed by atoms with Gasteiger partial charge in [-0.3, -0.25) is 0 Å². The predicted octanol–water partition coefficient (Wildman–Crippen LogP) is 4.41. The lowest BCUT2D eigenvalue weighted by Gasteiger charge is -2.33. The molecule has 2 aromatic rings. The Kier molecular flexibility index (Phi) is 4.61. The Morgan fingerprint density at radius 1 is 1.05 bits per heavy atom. The van der Waals surface area contributed by atoms with Gasteiger partial charge in [-0.05, 0) is 54.5 Å². The van der Waals surface area contributed by atoms with E-state index in [2.05, 4.69) is 35.8 Å². The first-order valence-electron chi connectivity index (χ1n) is 7.38. The van der Waals surface area contributed by atoms with Crippen molar-refractivity contribution in [1.29, 1.82) is 0 Å². The highest BCUT2D eigenvalue weighted by atomic mass is 32.2. The average Bonchev–Trinajstić information content (AvgIpc) is 2.55. The molecule has 2 atom stereocenters. The number of thioether (sulfide) groups is 1. The molecule has 110 valence electrons. The van der Waals surface area contributed by atoms with Gasteiger partial charge in [0.1, 0.15) is 5.82 Å². The summed E-state index contributed by atoms with van der Waals surface area (Å²) < 4.78 is 14.2. The normalized spacial score (nSPS) is 22.2. The molecule has 0 aliphatic carbocycles. The molecular formula is C18H20FNS. The van der Waals surface area contributed by atoms with E-state index in [4.69, 9.17) is 0 Å². The summed E-state index contributed by atoms with van der Waals surface area (Å²) in [4.78, 5) is 1.27. The van der Waals surface area contributed by atoms with Gasteiger partial charge in [0.15, 0.2) is 0 Å². The topological polar surface area (TPSA) is 12.0 Å². The first-order chi connectivity index (χ1) is 10.3. The zero-order valence-electron chi connectivity index (χ0n) is 12.2. The van der Waals surface area contributed by atoms with Crippen molar-refractivity contribution in [2.75, 3.05) is 19.3 Å². The molecule has 21 heavy (non-hydrogen) atoms. The number of hydrogen-bond donors (Lipinski definition) is 1. The highest BCUT2D eigenvalue weighted by molar-refractivity contribution is 7.98. The minimum Gasteiger partial charge on any atom is -0.316 e. The Morgan fingerprint density at radius 2 is 1.81 bits per heavy atom. The Labute approximate surface area is 130 Å². The summed E-state index contributed by atoms with van der Waals surface area (Å²) in [5.41, 5.74) is 2.16. The van der Waals surface area contributed by atoms with Crippen molar-refractivity contribution in [3.8, 4) is 0 Å². The zero-order chi connectivity index (χ0) is 14.7. The maximum atomic E-state index is 14.2. The maximum absolute atomic E-state index is 14.2. The van der Waals surface area contributed by atoms with Crippen LogP contribution < -0.4 is 5.32 Å². The second-order valence-electron chi connectivity index (χ2n) is 5.50. The number of benzene rings is 2. The van der Waals surface area contributed by atoms with Crippen molar-refractivity contribution >= 4 is 11.8 Å². The lowest BCUT2D eigenvalue weighted by Crippen LogP contribution is -2.34. The van der Waals surface area contributed by atoms with Gasteiger partial charge in [0.05, 0.1) is 0 Å². The van der Waals surface area contributed by atoms with Crippen molar-refractivity contribution in [3.05, 3.63) is 65.5 Å². The van der Waals surface area contributed by atoms with Crippen molar-refractivity contribution in [2.24, 2.45) is 0 Å². The molecule has 0 radical (unpaired) electrons. The van der Waals surface area contributed by atoms with Crippen LogP contribution in [-0.4, -0.2) is 19.3 Å². The Bertz CT molecular complexity index is 596. The molecule has 2 unspecified atom stereocenters. The molecule has 3 heteroatoms. The van der Waals surface area contributed by atoms with Crippen LogP contribution in [0.1, 0.15) is 29.4 Å². The molecule has 1 N–H and O–H groups in total. The molecule has 0 spiro atoms. The number of nitrogens with one attached hydrogen (secondary N) is 1. The van der Waals surface area contributed by atoms with Crippen LogP contribution in [0, 0.1) is 5.82 Å². The van der Waals surface area contributed by atoms with E-state index in [9.17, 15) is 4.39 Å². The van der Waals surface area contributed by atoms with E-state index in [0.29, 0.717) is 5.92 Å². The van der Waals surface area contributed by atoms with E-state index in [0.717, 1.165) is 25.1 Å². The summed E-state index contributed by atoms with van der Waals surface area (Å²) in [7, 11) is 0. The SMILES string of the molecule is CSc1ccc(C2CCNCC2c2ccccc2F)cc1. The molecule has 1 saturated heterocycles. The summed E-state index contributed by atoms with van der Waals surface area (Å²) >= 11 is 1.75. The molecule has 0 saturated carbocycles. The van der Waals surface area contributed by atoms with Gasteiger partial charge >= 0.3 is 0 Å². The molecule has 3 rings (SSSR count). The van der Waals surface area contributed by atoms with E-state index in [1.807, 2.05) is 12.1 Å². The van der Waals surface area contributed by atoms with Crippen molar-refractivity contribution < 1.29 is 4.39 Å². The lowest BCUT2D eigenvalue weighted by atomic mass is 9.77. The number of rotatable bonds is 3. The summed E-state index contributed by atoms with van der Waals surface area (Å²) in [5, 5.41) is 3.41. The van der Waals surface area contributed by atoms with Crippen LogP contribution in [0.2, 0.25) is 0 Å². The summed E-state index contributed by atoms with van der Waals surface area (Å²) in [5.74, 6) is 0.510. The zero-order valence-corrected chi connectivity index (χ0v) is 13.0. The minimum absolute atomic E-state index is 0.0862. The third-order valence-electron chi connectivity index (χ3n) is 4.33. The fourth-order valence-electron chi connectivity index (χ4n) is 3.21. The van der Waals surface area contributed by atoms with E-state index in [1.165, 1.54) is 10.5 Å². The highest BCUT2D eigenvalue weighted by Crippen LogP contribution is 2.38. The van der Waals surface area contributed by atoms with Gasteiger partial charge in [0.2, 0.25) is 0 Å². The Balaban J connectivity index is 1.92. The predicted molar refractivity (Wildman–Crippen MR) is 87.6 cm³/mol. The molecule has 0 bridgehead atoms. The summed E-state index contributed by atoms with van der Waals surface area (Å²) in [6.45, 7) is 1.84. The lowest BCUT2D eigenvalue weighted by molar-refractivity contribution is 0.393. The van der Waals surface area contributed by atoms with Gasteiger partial charge < -0.3 is 5.32 Å². The number of piperidine rings is 1. The van der Waals surface area contributed by atoms with Crippen LogP contribution in [0.3, 0.4) is 0 Å². The van der Waals surface area contributed by atoms with Gasteiger partial charge in [0.25, 0.3) is 0 Å². The molecular weight excluding hydrogens is 281 g/mol. The third-order valence-corrected chi connectivity index (χ3v) is 5.07. The Morgan fingerprint density at radius 3 is 2.52 bits per heavy atom. The summed E-state index contributed by atoms with van der Waals surface area (Å²) in [6.07, 6.45) is 3.14. The first-order valence-corrected chi connectivity index (χ1v) is 8.61. The second kappa shape index (κ2) is 6.63. The monoisotopic (exact) mass is 301 g/mol. The Hall–Kier alpha value is -1.32. The van der Waals surface area contributed by atoms with Gasteiger partial charge in [-0.2, -0.15) is 0 Å². The fraction of sp³-hybridized carbons (Fsp3) is 0.333. The summed E-state index contributed by atoms with van der Waals surface area (Å²) in [6, 6.07) is 15.9. The molecule has 1 nitrogen and oxygen atoms in total. The smallest absolute Gasteiger partial charge is 0.126 e. The number of hydrogen-bond acceptors (Lipinski definition) is 2. The highest BCUT2D eigenvalue weighted by Gasteiger charge is 2.29. The van der Waals surface area contributed by atoms with Crippen LogP contribution in [0.15, 0.2) is 53.4 Å². The number of halogens is 1. The molecule has 1 aliphatic heterocycles. The molecule has 0 aromatic heterocycles. The first kappa shape index (κ1) is 14.6. The molecule has 0 amide bonds. The van der Waals surface area contributed by atoms with Crippen LogP contribution in [0.5, 0.6) is 0 Å². The molecule has 1 fully saturated rings. The van der Waals surface area contributed by atoms with E-state index in [-0.39, 0.29) is 11.7 Å². The van der Waals surface area contributed by atoms with Crippen molar-refractivity contribution in [3.63, 3.8) is 0 Å². The molecule has 1 aliphatic rings. The quantitative estimate of drug-likeness (QED) is 0.843. The van der Waals surface area contributed by atoms with Crippen molar-refractivity contribution in [1.82, 2.24) is 5.32 Å². The van der Waals surface area contributed by atoms with E-state index in [1.54, 1.807) is 23.9 Å². The average molecular weight is 301 g/mol. The van der Waals surface area contributed by atoms with E-state index < -0.39 is 0 Å². The van der Waals surface area contributed by atoms with Crippen LogP contribution in [0.25, 0.3) is 0 Å². The molecule has 1 heterocycles. The fourth-order valence-corrected chi connectivity index (χ4v) is 3.62. The van der Waals surface area contributed by atoms with Crippen LogP contribution in [0.4, 0.5) is 4.39 Å². The van der Waals surface area contributed by atoms with Crippen LogP contribution in [-0.2, 0) is 0 Å². The van der Waals surface area contributed by atoms with E-state index >= 15 is 0 Å². The van der Waals surface area contributed by atoms with Crippen molar-refractivity contribution in [2.45, 2.75) is 23.2 Å². The standard InChI is InChI=1S/C18H20FNS/c1-21-14-8-6-13(7-9-14)15-10-11-20-12-17(15)16-4-2-3-5-18(16)19/h2-9,15,17,20H,10-12H2,1H3. The molecule has 2 aromatic carbocycles. The van der Waals surface area contributed by atoms with Gasteiger partial charge in [-0.15, -0.1) is 11.8 Å². The third kappa shape index (κ3) is 3.14. The largest absolute Gasteiger partial charge is 0.316 e. The minimum atomic E-state index is -0.0862. The van der Waals surface area contributed by atoms with Crippen LogP contribution >= 0.6 is 11.8 Å². The van der Waals surface area contributed by atoms with Gasteiger partial charge in [0, 0.05) is 17.4 Å². The second-order valence-corrected chi connectivity index (χ2v) is 6.38. The maximum Gasteiger partial charge on any atom is 0.126 e. The van der Waals surface area contributed by atoms with Gasteiger partial charge in [-0.1, -0.05) is 30.3 Å². The van der Waals surface area contributed by atoms with Gasteiger partial charge in [-0.25, -0.2) is 4.39 Å².